The number of rotatable bonds is 3. The molecule has 24 heavy (non-hydrogen) atoms. The minimum absolute atomic E-state index is 0.266. The Hall–Kier alpha value is -2.45. The fourth-order valence-corrected chi connectivity index (χ4v) is 5.55. The number of aromatic nitrogens is 2. The zero-order valence-corrected chi connectivity index (χ0v) is 14.1. The monoisotopic (exact) mass is 359 g/mol. The minimum Gasteiger partial charge on any atom is -0.268 e. The summed E-state index contributed by atoms with van der Waals surface area (Å²) < 4.78 is 27.6. The largest absolute Gasteiger partial charge is 0.273 e. The summed E-state index contributed by atoms with van der Waals surface area (Å²) in [5, 5.41) is 8.02. The number of nitrogens with one attached hydrogen (secondary N) is 1. The van der Waals surface area contributed by atoms with Crippen molar-refractivity contribution in [3.63, 3.8) is 0 Å². The van der Waals surface area contributed by atoms with E-state index in [-0.39, 0.29) is 9.77 Å². The number of anilines is 1. The van der Waals surface area contributed by atoms with E-state index in [0.717, 1.165) is 29.0 Å². The molecule has 4 rings (SSSR count). The number of aromatic amines is 1. The third-order valence-corrected chi connectivity index (χ3v) is 7.17. The van der Waals surface area contributed by atoms with Crippen molar-refractivity contribution < 1.29 is 8.42 Å². The van der Waals surface area contributed by atoms with Gasteiger partial charge in [-0.3, -0.25) is 9.10 Å². The smallest absolute Gasteiger partial charge is 0.268 e. The summed E-state index contributed by atoms with van der Waals surface area (Å²) in [5.74, 6) is 0. The average molecular weight is 359 g/mol. The first-order valence-electron chi connectivity index (χ1n) is 7.31. The van der Waals surface area contributed by atoms with Gasteiger partial charge in [0.1, 0.15) is 4.21 Å². The molecule has 0 atom stereocenters. The van der Waals surface area contributed by atoms with E-state index in [1.165, 1.54) is 10.4 Å². The zero-order chi connectivity index (χ0) is 16.7. The summed E-state index contributed by atoms with van der Waals surface area (Å²) in [4.78, 5) is 11.1. The first-order valence-corrected chi connectivity index (χ1v) is 9.63. The Morgan fingerprint density at radius 1 is 1.17 bits per heavy atom. The van der Waals surface area contributed by atoms with E-state index in [1.54, 1.807) is 17.5 Å². The van der Waals surface area contributed by atoms with Crippen molar-refractivity contribution in [1.82, 2.24) is 10.2 Å². The molecule has 1 aliphatic rings. The molecule has 0 bridgehead atoms. The average Bonchev–Trinajstić information content (AvgIpc) is 3.23. The highest BCUT2D eigenvalue weighted by molar-refractivity contribution is 7.94. The summed E-state index contributed by atoms with van der Waals surface area (Å²) in [6, 6.07) is 12.1. The Bertz CT molecular complexity index is 1050. The second-order valence-electron chi connectivity index (χ2n) is 5.42. The lowest BCUT2D eigenvalue weighted by molar-refractivity contribution is 0.594. The van der Waals surface area contributed by atoms with Crippen LogP contribution in [0.2, 0.25) is 0 Å². The molecule has 122 valence electrons. The quantitative estimate of drug-likeness (QED) is 0.777. The van der Waals surface area contributed by atoms with Gasteiger partial charge in [-0.15, -0.1) is 11.3 Å². The number of hydrogen-bond acceptors (Lipinski definition) is 5. The van der Waals surface area contributed by atoms with Gasteiger partial charge in [-0.25, -0.2) is 13.5 Å². The van der Waals surface area contributed by atoms with Crippen LogP contribution >= 0.6 is 11.3 Å². The van der Waals surface area contributed by atoms with E-state index in [2.05, 4.69) is 10.2 Å². The van der Waals surface area contributed by atoms with Gasteiger partial charge in [0.15, 0.2) is 0 Å². The van der Waals surface area contributed by atoms with Crippen LogP contribution < -0.4 is 9.86 Å². The molecule has 0 saturated heterocycles. The Morgan fingerprint density at radius 3 is 2.79 bits per heavy atom. The van der Waals surface area contributed by atoms with E-state index in [4.69, 9.17) is 0 Å². The van der Waals surface area contributed by atoms with Crippen LogP contribution in [0.1, 0.15) is 5.56 Å². The first-order chi connectivity index (χ1) is 11.6. The van der Waals surface area contributed by atoms with Crippen LogP contribution in [0.5, 0.6) is 0 Å². The zero-order valence-electron chi connectivity index (χ0n) is 12.5. The van der Waals surface area contributed by atoms with Crippen molar-refractivity contribution in [3.05, 3.63) is 63.8 Å². The van der Waals surface area contributed by atoms with Gasteiger partial charge in [0.05, 0.1) is 11.4 Å². The SMILES string of the molecule is O=c1ccc(-c2csc(S(=O)(=O)N3CCc4ccccc43)c2)n[nH]1. The number of fused-ring (bicyclic) bond motifs is 1. The highest BCUT2D eigenvalue weighted by Gasteiger charge is 2.31. The predicted molar refractivity (Wildman–Crippen MR) is 92.8 cm³/mol. The maximum absolute atomic E-state index is 13.0. The lowest BCUT2D eigenvalue weighted by atomic mass is 10.2. The van der Waals surface area contributed by atoms with E-state index >= 15 is 0 Å². The van der Waals surface area contributed by atoms with Crippen molar-refractivity contribution in [2.75, 3.05) is 10.8 Å². The Labute approximate surface area is 142 Å². The molecule has 8 heteroatoms. The highest BCUT2D eigenvalue weighted by atomic mass is 32.2. The van der Waals surface area contributed by atoms with Crippen LogP contribution in [0.25, 0.3) is 11.3 Å². The molecule has 6 nitrogen and oxygen atoms in total. The standard InChI is InChI=1S/C16H13N3O3S2/c20-15-6-5-13(17-18-15)12-9-16(23-10-12)24(21,22)19-8-7-11-3-1-2-4-14(11)19/h1-6,9-10H,7-8H2,(H,18,20). The minimum atomic E-state index is -3.60. The van der Waals surface area contributed by atoms with Crippen molar-refractivity contribution in [3.8, 4) is 11.3 Å². The number of sulfonamides is 1. The fourth-order valence-electron chi connectivity index (χ4n) is 2.76. The lowest BCUT2D eigenvalue weighted by Crippen LogP contribution is -2.28. The maximum atomic E-state index is 13.0. The van der Waals surface area contributed by atoms with Crippen LogP contribution in [0, 0.1) is 0 Å². The summed E-state index contributed by atoms with van der Waals surface area (Å²) in [5.41, 5.74) is 2.70. The molecule has 0 amide bonds. The molecule has 0 radical (unpaired) electrons. The number of nitrogens with zero attached hydrogens (tertiary/aromatic N) is 2. The van der Waals surface area contributed by atoms with Crippen LogP contribution in [0.15, 0.2) is 56.8 Å². The normalized spacial score (nSPS) is 13.9. The van der Waals surface area contributed by atoms with Crippen LogP contribution in [0.3, 0.4) is 0 Å². The molecule has 3 heterocycles. The van der Waals surface area contributed by atoms with Gasteiger partial charge in [-0.2, -0.15) is 5.10 Å². The van der Waals surface area contributed by atoms with Crippen molar-refractivity contribution in [1.29, 1.82) is 0 Å². The molecule has 0 unspecified atom stereocenters. The summed E-state index contributed by atoms with van der Waals surface area (Å²) in [6.45, 7) is 0.450. The molecule has 3 aromatic rings. The van der Waals surface area contributed by atoms with Gasteiger partial charge in [0, 0.05) is 23.6 Å². The molecule has 2 aromatic heterocycles. The van der Waals surface area contributed by atoms with Gasteiger partial charge >= 0.3 is 0 Å². The number of benzene rings is 1. The molecule has 1 N–H and O–H groups in total. The second kappa shape index (κ2) is 5.57. The van der Waals surface area contributed by atoms with Gasteiger partial charge in [-0.1, -0.05) is 18.2 Å². The topological polar surface area (TPSA) is 83.1 Å². The predicted octanol–water partition coefficient (Wildman–Crippen LogP) is 2.25. The maximum Gasteiger partial charge on any atom is 0.273 e. The van der Waals surface area contributed by atoms with Gasteiger partial charge in [0.25, 0.3) is 15.6 Å². The molecule has 0 saturated carbocycles. The molecule has 0 fully saturated rings. The fraction of sp³-hybridized carbons (Fsp3) is 0.125. The Morgan fingerprint density at radius 2 is 2.00 bits per heavy atom. The number of H-pyrrole nitrogens is 1. The van der Waals surface area contributed by atoms with Gasteiger partial charge in [0.2, 0.25) is 0 Å². The van der Waals surface area contributed by atoms with Crippen LogP contribution in [-0.4, -0.2) is 25.2 Å². The molecular formula is C16H13N3O3S2. The Kier molecular flexibility index (Phi) is 3.50. The number of thiophene rings is 1. The highest BCUT2D eigenvalue weighted by Crippen LogP contribution is 2.35. The van der Waals surface area contributed by atoms with Crippen molar-refractivity contribution in [2.24, 2.45) is 0 Å². The second-order valence-corrected chi connectivity index (χ2v) is 8.42. The summed E-state index contributed by atoms with van der Waals surface area (Å²) >= 11 is 1.16. The van der Waals surface area contributed by atoms with E-state index in [0.29, 0.717) is 17.8 Å². The third-order valence-electron chi connectivity index (χ3n) is 3.94. The lowest BCUT2D eigenvalue weighted by Gasteiger charge is -2.18. The summed E-state index contributed by atoms with van der Waals surface area (Å²) in [6.07, 6.45) is 0.717. The Balaban J connectivity index is 1.72. The van der Waals surface area contributed by atoms with Crippen molar-refractivity contribution >= 4 is 27.0 Å². The van der Waals surface area contributed by atoms with E-state index < -0.39 is 10.0 Å². The molecular weight excluding hydrogens is 346 g/mol. The first kappa shape index (κ1) is 15.1. The molecule has 1 aliphatic heterocycles. The molecule has 0 spiro atoms. The van der Waals surface area contributed by atoms with E-state index in [1.807, 2.05) is 24.3 Å². The van der Waals surface area contributed by atoms with Crippen molar-refractivity contribution in [2.45, 2.75) is 10.6 Å². The third kappa shape index (κ3) is 2.44. The van der Waals surface area contributed by atoms with Crippen LogP contribution in [-0.2, 0) is 16.4 Å². The molecule has 1 aromatic carbocycles. The van der Waals surface area contributed by atoms with Gasteiger partial charge in [-0.05, 0) is 30.2 Å². The van der Waals surface area contributed by atoms with E-state index in [9.17, 15) is 13.2 Å². The van der Waals surface area contributed by atoms with Gasteiger partial charge < -0.3 is 0 Å². The number of hydrogen-bond donors (Lipinski definition) is 1. The molecule has 0 aliphatic carbocycles. The van der Waals surface area contributed by atoms with Crippen LogP contribution in [0.4, 0.5) is 5.69 Å². The summed E-state index contributed by atoms with van der Waals surface area (Å²) in [7, 11) is -3.60. The number of para-hydroxylation sites is 1.